The van der Waals surface area contributed by atoms with E-state index in [1.165, 1.54) is 18.7 Å². The third kappa shape index (κ3) is 8.09. The summed E-state index contributed by atoms with van der Waals surface area (Å²) < 4.78 is 5.72. The van der Waals surface area contributed by atoms with Gasteiger partial charge in [0.25, 0.3) is 0 Å². The number of hydrogen-bond acceptors (Lipinski definition) is 9. The molecule has 0 radical (unpaired) electrons. The van der Waals surface area contributed by atoms with E-state index >= 15 is 0 Å². The molecule has 9 nitrogen and oxygen atoms in total. The molecule has 2 unspecified atom stereocenters. The monoisotopic (exact) mass is 480 g/mol. The number of thioether (sulfide) groups is 1. The second-order valence-corrected chi connectivity index (χ2v) is 9.81. The van der Waals surface area contributed by atoms with Crippen LogP contribution in [0.4, 0.5) is 0 Å². The van der Waals surface area contributed by atoms with E-state index in [2.05, 4.69) is 19.2 Å². The Morgan fingerprint density at radius 2 is 1.84 bits per heavy atom. The summed E-state index contributed by atoms with van der Waals surface area (Å²) in [6.45, 7) is 6.88. The lowest BCUT2D eigenvalue weighted by molar-refractivity contribution is -0.211. The molecule has 9 atom stereocenters. The van der Waals surface area contributed by atoms with E-state index in [0.717, 1.165) is 38.6 Å². The lowest BCUT2D eigenvalue weighted by Crippen LogP contribution is -2.65. The molecule has 2 fully saturated rings. The maximum atomic E-state index is 12.8. The van der Waals surface area contributed by atoms with Crippen LogP contribution in [0, 0.1) is 5.92 Å². The van der Waals surface area contributed by atoms with E-state index in [4.69, 9.17) is 9.84 Å². The van der Waals surface area contributed by atoms with Crippen molar-refractivity contribution in [3.05, 3.63) is 0 Å². The zero-order valence-electron chi connectivity index (χ0n) is 20.1. The van der Waals surface area contributed by atoms with Gasteiger partial charge in [0.15, 0.2) is 0 Å². The molecule has 190 valence electrons. The summed E-state index contributed by atoms with van der Waals surface area (Å²) in [6.07, 6.45) is 0.542. The molecule has 2 heterocycles. The van der Waals surface area contributed by atoms with Crippen LogP contribution in [0.15, 0.2) is 0 Å². The van der Waals surface area contributed by atoms with Gasteiger partial charge in [0.05, 0.1) is 18.2 Å². The number of aliphatic hydroxyl groups excluding tert-OH is 5. The molecule has 0 aliphatic carbocycles. The number of likely N-dealkylation sites (N-methyl/N-ethyl adjacent to an activating group) is 1. The average molecular weight is 481 g/mol. The van der Waals surface area contributed by atoms with Gasteiger partial charge in [-0.3, -0.25) is 9.69 Å². The summed E-state index contributed by atoms with van der Waals surface area (Å²) in [5.41, 5.74) is -0.755. The average Bonchev–Trinajstić information content (AvgIpc) is 3.12. The van der Waals surface area contributed by atoms with E-state index in [9.17, 15) is 25.2 Å². The molecular formula is C22H44N2O7S. The molecule has 2 aliphatic heterocycles. The topological polar surface area (TPSA) is 143 Å². The van der Waals surface area contributed by atoms with Crippen LogP contribution in [0.25, 0.3) is 0 Å². The smallest absolute Gasteiger partial charge is 0.237 e. The van der Waals surface area contributed by atoms with Gasteiger partial charge in [-0.15, -0.1) is 11.8 Å². The normalized spacial score (nSPS) is 35.0. The molecule has 1 amide bonds. The fraction of sp³-hybridized carbons (Fsp3) is 0.955. The summed E-state index contributed by atoms with van der Waals surface area (Å²) in [6, 6.07) is -1.20. The summed E-state index contributed by atoms with van der Waals surface area (Å²) >= 11 is 1.20. The van der Waals surface area contributed by atoms with Crippen LogP contribution >= 0.6 is 11.8 Å². The van der Waals surface area contributed by atoms with Gasteiger partial charge >= 0.3 is 0 Å². The lowest BCUT2D eigenvalue weighted by atomic mass is 9.92. The molecule has 32 heavy (non-hydrogen) atoms. The number of nitrogens with zero attached hydrogens (tertiary/aromatic N) is 1. The van der Waals surface area contributed by atoms with Crippen molar-refractivity contribution in [2.24, 2.45) is 5.92 Å². The van der Waals surface area contributed by atoms with E-state index in [0.29, 0.717) is 12.5 Å². The van der Waals surface area contributed by atoms with Crippen LogP contribution in [0.5, 0.6) is 0 Å². The van der Waals surface area contributed by atoms with Crippen molar-refractivity contribution in [3.63, 3.8) is 0 Å². The highest BCUT2D eigenvalue weighted by molar-refractivity contribution is 7.99. The van der Waals surface area contributed by atoms with Gasteiger partial charge in [-0.2, -0.15) is 0 Å². The minimum atomic E-state index is -1.42. The molecule has 2 rings (SSSR count). The Morgan fingerprint density at radius 3 is 2.31 bits per heavy atom. The SMILES string of the molecule is CCCCO.CCC[C@@H]1C[C@@H](C(=O)NC(C(C)O)[C@H]2O[C@H](SC)[C@H](O)[C@@H](O)[C@H]2O)N(C)C1. The second-order valence-electron chi connectivity index (χ2n) is 8.87. The minimum Gasteiger partial charge on any atom is -0.396 e. The predicted octanol–water partition coefficient (Wildman–Crippen LogP) is -0.0782. The number of rotatable bonds is 9. The number of ether oxygens (including phenoxy) is 1. The van der Waals surface area contributed by atoms with Crippen molar-refractivity contribution in [2.45, 2.75) is 101 Å². The first-order valence-electron chi connectivity index (χ1n) is 11.6. The number of likely N-dealkylation sites (tertiary alicyclic amines) is 1. The Kier molecular flexibility index (Phi) is 13.6. The number of carbonyl (C=O) groups is 1. The predicted molar refractivity (Wildman–Crippen MR) is 125 cm³/mol. The van der Waals surface area contributed by atoms with Gasteiger partial charge < -0.3 is 35.6 Å². The highest BCUT2D eigenvalue weighted by atomic mass is 32.2. The maximum absolute atomic E-state index is 12.8. The standard InChI is InChI=1S/C18H34N2O6S.C4H10O/c1-5-6-10-7-11(20(3)8-10)17(25)19-12(9(2)21)16-14(23)13(22)15(24)18(26-16)27-4;1-2-3-4-5/h9-16,18,21-24H,5-8H2,1-4H3,(H,19,25);5H,2-4H2,1H3/t9?,10-,11+,12?,13+,14-,15-,16-,18-;/m1./s1. The largest absolute Gasteiger partial charge is 0.396 e. The van der Waals surface area contributed by atoms with Crippen LogP contribution in [0.2, 0.25) is 0 Å². The van der Waals surface area contributed by atoms with Crippen LogP contribution in [0.1, 0.15) is 52.9 Å². The Morgan fingerprint density at radius 1 is 1.19 bits per heavy atom. The van der Waals surface area contributed by atoms with Crippen molar-refractivity contribution in [1.82, 2.24) is 10.2 Å². The molecule has 2 aliphatic rings. The second kappa shape index (κ2) is 14.7. The first kappa shape index (κ1) is 29.6. The Labute approximate surface area is 196 Å². The molecule has 6 N–H and O–H groups in total. The van der Waals surface area contributed by atoms with Crippen LogP contribution < -0.4 is 5.32 Å². The lowest BCUT2D eigenvalue weighted by Gasteiger charge is -2.44. The molecule has 0 bridgehead atoms. The molecule has 0 aromatic carbocycles. The third-order valence-corrected chi connectivity index (χ3v) is 7.02. The van der Waals surface area contributed by atoms with Gasteiger partial charge in [-0.05, 0) is 45.4 Å². The maximum Gasteiger partial charge on any atom is 0.237 e. The van der Waals surface area contributed by atoms with Gasteiger partial charge in [0, 0.05) is 13.2 Å². The van der Waals surface area contributed by atoms with E-state index < -0.39 is 42.0 Å². The fourth-order valence-electron chi connectivity index (χ4n) is 4.29. The van der Waals surface area contributed by atoms with Crippen molar-refractivity contribution >= 4 is 17.7 Å². The Hall–Kier alpha value is -0.460. The number of nitrogens with one attached hydrogen (secondary N) is 1. The highest BCUT2D eigenvalue weighted by Crippen LogP contribution is 2.30. The Balaban J connectivity index is 0.000000920. The molecular weight excluding hydrogens is 436 g/mol. The number of aliphatic hydroxyl groups is 5. The molecule has 0 aromatic heterocycles. The zero-order chi connectivity index (χ0) is 24.4. The highest BCUT2D eigenvalue weighted by Gasteiger charge is 2.48. The molecule has 0 aromatic rings. The van der Waals surface area contributed by atoms with Gasteiger partial charge in [-0.1, -0.05) is 26.7 Å². The molecule has 0 saturated carbocycles. The summed E-state index contributed by atoms with van der Waals surface area (Å²) in [5.74, 6) is 0.245. The van der Waals surface area contributed by atoms with E-state index in [-0.39, 0.29) is 11.9 Å². The molecule has 2 saturated heterocycles. The zero-order valence-corrected chi connectivity index (χ0v) is 20.9. The first-order chi connectivity index (χ1) is 15.1. The van der Waals surface area contributed by atoms with Gasteiger partial charge in [0.1, 0.15) is 29.9 Å². The number of hydrogen-bond donors (Lipinski definition) is 6. The van der Waals surface area contributed by atoms with Gasteiger partial charge in [0.2, 0.25) is 5.91 Å². The van der Waals surface area contributed by atoms with Crippen molar-refractivity contribution in [3.8, 4) is 0 Å². The van der Waals surface area contributed by atoms with Gasteiger partial charge in [-0.25, -0.2) is 0 Å². The summed E-state index contributed by atoms with van der Waals surface area (Å²) in [5, 5.41) is 51.6. The van der Waals surface area contributed by atoms with Crippen LogP contribution in [-0.2, 0) is 9.53 Å². The fourth-order valence-corrected chi connectivity index (χ4v) is 4.97. The van der Waals surface area contributed by atoms with Crippen molar-refractivity contribution in [1.29, 1.82) is 0 Å². The number of unbranched alkanes of at least 4 members (excludes halogenated alkanes) is 1. The summed E-state index contributed by atoms with van der Waals surface area (Å²) in [7, 11) is 1.91. The molecule has 10 heteroatoms. The van der Waals surface area contributed by atoms with E-state index in [1.807, 2.05) is 11.9 Å². The van der Waals surface area contributed by atoms with E-state index in [1.54, 1.807) is 6.26 Å². The van der Waals surface area contributed by atoms with Crippen molar-refractivity contribution in [2.75, 3.05) is 26.5 Å². The number of carbonyl (C=O) groups excluding carboxylic acids is 1. The number of amides is 1. The molecule has 0 spiro atoms. The Bertz CT molecular complexity index is 538. The summed E-state index contributed by atoms with van der Waals surface area (Å²) in [4.78, 5) is 14.9. The first-order valence-corrected chi connectivity index (χ1v) is 12.9. The third-order valence-electron chi connectivity index (χ3n) is 6.17. The van der Waals surface area contributed by atoms with Crippen molar-refractivity contribution < 1.29 is 35.1 Å². The van der Waals surface area contributed by atoms with Crippen LogP contribution in [0.3, 0.4) is 0 Å². The minimum absolute atomic E-state index is 0.223. The van der Waals surface area contributed by atoms with Crippen LogP contribution in [-0.4, -0.2) is 111 Å². The quantitative estimate of drug-likeness (QED) is 0.267.